The van der Waals surface area contributed by atoms with Crippen LogP contribution in [-0.4, -0.2) is 11.9 Å². The quantitative estimate of drug-likeness (QED) is 0.840. The van der Waals surface area contributed by atoms with Gasteiger partial charge in [0.25, 0.3) is 0 Å². The van der Waals surface area contributed by atoms with E-state index in [-0.39, 0.29) is 11.9 Å². The van der Waals surface area contributed by atoms with Crippen molar-refractivity contribution >= 4 is 5.91 Å². The maximum Gasteiger partial charge on any atom is 0.220 e. The van der Waals surface area contributed by atoms with Crippen molar-refractivity contribution < 1.29 is 9.21 Å². The van der Waals surface area contributed by atoms with Gasteiger partial charge in [-0.15, -0.1) is 0 Å². The monoisotopic (exact) mass is 249 g/mol. The molecule has 0 saturated heterocycles. The molecule has 0 spiro atoms. The Labute approximate surface area is 109 Å². The highest BCUT2D eigenvalue weighted by Gasteiger charge is 2.17. The van der Waals surface area contributed by atoms with Gasteiger partial charge in [0.1, 0.15) is 5.76 Å². The molecule has 3 heteroatoms. The fourth-order valence-corrected chi connectivity index (χ4v) is 2.76. The molecular weight excluding hydrogens is 226 g/mol. The first kappa shape index (κ1) is 13.2. The lowest BCUT2D eigenvalue weighted by atomic mass is 10.0. The van der Waals surface area contributed by atoms with Gasteiger partial charge in [-0.1, -0.05) is 25.7 Å². The second kappa shape index (κ2) is 6.62. The van der Waals surface area contributed by atoms with E-state index in [1.54, 1.807) is 6.26 Å². The molecular formula is C15H23NO2. The van der Waals surface area contributed by atoms with Crippen LogP contribution in [0.25, 0.3) is 0 Å². The van der Waals surface area contributed by atoms with Gasteiger partial charge in [0.15, 0.2) is 0 Å². The second-order valence-electron chi connectivity index (χ2n) is 5.44. The highest BCUT2D eigenvalue weighted by molar-refractivity contribution is 5.76. The number of carbonyl (C=O) groups excluding carboxylic acids is 1. The number of rotatable bonds is 6. The molecule has 1 aromatic rings. The Hall–Kier alpha value is -1.25. The molecule has 1 fully saturated rings. The minimum Gasteiger partial charge on any atom is -0.469 e. The lowest BCUT2D eigenvalue weighted by Gasteiger charge is -2.14. The standard InChI is InChI=1S/C15H23NO2/c1-12(11-14-7-4-10-18-14)16-15(17)9-8-13-5-2-3-6-13/h4,7,10,12-13H,2-3,5-6,8-9,11H2,1H3,(H,16,17). The molecule has 1 saturated carbocycles. The largest absolute Gasteiger partial charge is 0.469 e. The smallest absolute Gasteiger partial charge is 0.220 e. The third-order valence-corrected chi connectivity index (χ3v) is 3.75. The summed E-state index contributed by atoms with van der Waals surface area (Å²) in [6.45, 7) is 2.02. The van der Waals surface area contributed by atoms with Gasteiger partial charge in [0.2, 0.25) is 5.91 Å². The summed E-state index contributed by atoms with van der Waals surface area (Å²) in [5.74, 6) is 1.90. The van der Waals surface area contributed by atoms with Crippen LogP contribution in [0.1, 0.15) is 51.2 Å². The molecule has 1 heterocycles. The Morgan fingerprint density at radius 3 is 2.94 bits per heavy atom. The van der Waals surface area contributed by atoms with Gasteiger partial charge in [-0.25, -0.2) is 0 Å². The number of hydrogen-bond donors (Lipinski definition) is 1. The summed E-state index contributed by atoms with van der Waals surface area (Å²) in [4.78, 5) is 11.8. The summed E-state index contributed by atoms with van der Waals surface area (Å²) in [6, 6.07) is 3.97. The molecule has 1 aromatic heterocycles. The van der Waals surface area contributed by atoms with E-state index in [1.807, 2.05) is 19.1 Å². The first-order chi connectivity index (χ1) is 8.74. The first-order valence-electron chi connectivity index (χ1n) is 7.06. The molecule has 100 valence electrons. The number of carbonyl (C=O) groups is 1. The number of hydrogen-bond acceptors (Lipinski definition) is 2. The molecule has 1 aliphatic carbocycles. The maximum absolute atomic E-state index is 11.8. The Kier molecular flexibility index (Phi) is 4.85. The molecule has 1 unspecified atom stereocenters. The lowest BCUT2D eigenvalue weighted by molar-refractivity contribution is -0.122. The molecule has 3 nitrogen and oxygen atoms in total. The Balaban J connectivity index is 1.63. The van der Waals surface area contributed by atoms with Crippen molar-refractivity contribution in [2.24, 2.45) is 5.92 Å². The van der Waals surface area contributed by atoms with Gasteiger partial charge in [0, 0.05) is 18.9 Å². The minimum absolute atomic E-state index is 0.146. The third-order valence-electron chi connectivity index (χ3n) is 3.75. The summed E-state index contributed by atoms with van der Waals surface area (Å²) in [6.07, 6.45) is 9.49. The Morgan fingerprint density at radius 2 is 2.28 bits per heavy atom. The van der Waals surface area contributed by atoms with E-state index in [0.717, 1.165) is 24.5 Å². The molecule has 0 bridgehead atoms. The van der Waals surface area contributed by atoms with Crippen LogP contribution in [0.15, 0.2) is 22.8 Å². The van der Waals surface area contributed by atoms with Crippen molar-refractivity contribution in [3.8, 4) is 0 Å². The van der Waals surface area contributed by atoms with Gasteiger partial charge in [0.05, 0.1) is 6.26 Å². The average Bonchev–Trinajstić information content (AvgIpc) is 2.98. The van der Waals surface area contributed by atoms with Crippen molar-refractivity contribution in [1.29, 1.82) is 0 Å². The Morgan fingerprint density at radius 1 is 1.50 bits per heavy atom. The number of furan rings is 1. The molecule has 1 aliphatic rings. The van der Waals surface area contributed by atoms with Crippen LogP contribution in [-0.2, 0) is 11.2 Å². The molecule has 0 radical (unpaired) electrons. The van der Waals surface area contributed by atoms with E-state index in [2.05, 4.69) is 5.32 Å². The summed E-state index contributed by atoms with van der Waals surface area (Å²) in [5.41, 5.74) is 0. The molecule has 1 N–H and O–H groups in total. The van der Waals surface area contributed by atoms with E-state index in [9.17, 15) is 4.79 Å². The fraction of sp³-hybridized carbons (Fsp3) is 0.667. The van der Waals surface area contributed by atoms with Crippen LogP contribution < -0.4 is 5.32 Å². The zero-order valence-corrected chi connectivity index (χ0v) is 11.2. The third kappa shape index (κ3) is 4.21. The topological polar surface area (TPSA) is 42.2 Å². The predicted octanol–water partition coefficient (Wildman–Crippen LogP) is 3.30. The van der Waals surface area contributed by atoms with Crippen molar-refractivity contribution in [3.63, 3.8) is 0 Å². The van der Waals surface area contributed by atoms with E-state index < -0.39 is 0 Å². The second-order valence-corrected chi connectivity index (χ2v) is 5.44. The molecule has 2 rings (SSSR count). The lowest BCUT2D eigenvalue weighted by Crippen LogP contribution is -2.34. The van der Waals surface area contributed by atoms with Crippen LogP contribution >= 0.6 is 0 Å². The number of nitrogens with one attached hydrogen (secondary N) is 1. The minimum atomic E-state index is 0.146. The van der Waals surface area contributed by atoms with Crippen LogP contribution in [0, 0.1) is 5.92 Å². The Bertz CT molecular complexity index is 353. The zero-order valence-electron chi connectivity index (χ0n) is 11.2. The van der Waals surface area contributed by atoms with E-state index in [1.165, 1.54) is 25.7 Å². The molecule has 1 atom stereocenters. The van der Waals surface area contributed by atoms with E-state index in [0.29, 0.717) is 6.42 Å². The van der Waals surface area contributed by atoms with Crippen molar-refractivity contribution in [1.82, 2.24) is 5.32 Å². The summed E-state index contributed by atoms with van der Waals surface area (Å²) >= 11 is 0. The SMILES string of the molecule is CC(Cc1ccco1)NC(=O)CCC1CCCC1. The molecule has 0 aliphatic heterocycles. The van der Waals surface area contributed by atoms with Gasteiger partial charge < -0.3 is 9.73 Å². The van der Waals surface area contributed by atoms with E-state index >= 15 is 0 Å². The van der Waals surface area contributed by atoms with Crippen molar-refractivity contribution in [3.05, 3.63) is 24.2 Å². The van der Waals surface area contributed by atoms with Crippen molar-refractivity contribution in [2.45, 2.75) is 57.9 Å². The van der Waals surface area contributed by atoms with Crippen LogP contribution in [0.5, 0.6) is 0 Å². The molecule has 18 heavy (non-hydrogen) atoms. The summed E-state index contributed by atoms with van der Waals surface area (Å²) in [7, 11) is 0. The zero-order chi connectivity index (χ0) is 12.8. The average molecular weight is 249 g/mol. The van der Waals surface area contributed by atoms with Crippen molar-refractivity contribution in [2.75, 3.05) is 0 Å². The fourth-order valence-electron chi connectivity index (χ4n) is 2.76. The first-order valence-corrected chi connectivity index (χ1v) is 7.06. The molecule has 1 amide bonds. The predicted molar refractivity (Wildman–Crippen MR) is 71.2 cm³/mol. The molecule has 0 aromatic carbocycles. The van der Waals surface area contributed by atoms with Gasteiger partial charge in [-0.2, -0.15) is 0 Å². The van der Waals surface area contributed by atoms with Crippen LogP contribution in [0.2, 0.25) is 0 Å². The van der Waals surface area contributed by atoms with E-state index in [4.69, 9.17) is 4.42 Å². The number of amides is 1. The highest BCUT2D eigenvalue weighted by atomic mass is 16.3. The normalized spacial score (nSPS) is 17.8. The van der Waals surface area contributed by atoms with Crippen LogP contribution in [0.4, 0.5) is 0 Å². The maximum atomic E-state index is 11.8. The van der Waals surface area contributed by atoms with Gasteiger partial charge >= 0.3 is 0 Å². The highest BCUT2D eigenvalue weighted by Crippen LogP contribution is 2.28. The summed E-state index contributed by atoms with van der Waals surface area (Å²) in [5, 5.41) is 3.04. The van der Waals surface area contributed by atoms with Gasteiger partial charge in [-0.3, -0.25) is 4.79 Å². The van der Waals surface area contributed by atoms with Crippen LogP contribution in [0.3, 0.4) is 0 Å². The summed E-state index contributed by atoms with van der Waals surface area (Å²) < 4.78 is 5.28. The van der Waals surface area contributed by atoms with Gasteiger partial charge in [-0.05, 0) is 31.4 Å².